The Hall–Kier alpha value is -2.57. The first-order valence-corrected chi connectivity index (χ1v) is 9.18. The maximum atomic E-state index is 11.1. The van der Waals surface area contributed by atoms with E-state index in [0.29, 0.717) is 12.2 Å². The smallest absolute Gasteiger partial charge is 0.335 e. The fourth-order valence-corrected chi connectivity index (χ4v) is 3.22. The normalized spacial score (nSPS) is 15.4. The van der Waals surface area contributed by atoms with Crippen LogP contribution in [-0.4, -0.2) is 67.3 Å². The Balaban J connectivity index is 1.40. The Bertz CT molecular complexity index is 757. The third kappa shape index (κ3) is 5.70. The minimum Gasteiger partial charge on any atom is -0.497 e. The second kappa shape index (κ2) is 9.39. The summed E-state index contributed by atoms with van der Waals surface area (Å²) < 4.78 is 11.0. The van der Waals surface area contributed by atoms with Gasteiger partial charge in [0.25, 0.3) is 0 Å². The minimum atomic E-state index is -0.877. The Morgan fingerprint density at radius 2 is 1.70 bits per heavy atom. The van der Waals surface area contributed by atoms with Crippen LogP contribution in [0.1, 0.15) is 15.9 Å². The van der Waals surface area contributed by atoms with E-state index in [-0.39, 0.29) is 0 Å². The van der Waals surface area contributed by atoms with Crippen LogP contribution < -0.4 is 9.47 Å². The maximum absolute atomic E-state index is 11.1. The van der Waals surface area contributed by atoms with Gasteiger partial charge in [-0.2, -0.15) is 0 Å². The standard InChI is InChI=1S/C21H26N2O4/c1-26-19-6-3-7-20(15-19)27-13-12-22-8-10-23(11-9-22)16-17-4-2-5-18(14-17)21(24)25/h2-7,14-15H,8-13,16H2,1H3,(H,24,25). The lowest BCUT2D eigenvalue weighted by atomic mass is 10.1. The molecule has 144 valence electrons. The molecule has 1 N–H and O–H groups in total. The van der Waals surface area contributed by atoms with Gasteiger partial charge < -0.3 is 14.6 Å². The van der Waals surface area contributed by atoms with Crippen molar-refractivity contribution in [2.24, 2.45) is 0 Å². The molecule has 0 saturated carbocycles. The third-order valence-electron chi connectivity index (χ3n) is 4.76. The number of hydrogen-bond acceptors (Lipinski definition) is 5. The van der Waals surface area contributed by atoms with Gasteiger partial charge >= 0.3 is 5.97 Å². The monoisotopic (exact) mass is 370 g/mol. The van der Waals surface area contributed by atoms with Crippen molar-refractivity contribution in [2.45, 2.75) is 6.54 Å². The van der Waals surface area contributed by atoms with E-state index in [9.17, 15) is 4.79 Å². The number of ether oxygens (including phenoxy) is 2. The first-order valence-electron chi connectivity index (χ1n) is 9.18. The van der Waals surface area contributed by atoms with E-state index in [0.717, 1.165) is 56.3 Å². The second-order valence-electron chi connectivity index (χ2n) is 6.65. The molecule has 0 bridgehead atoms. The van der Waals surface area contributed by atoms with Crippen LogP contribution in [0.2, 0.25) is 0 Å². The predicted molar refractivity (Wildman–Crippen MR) is 104 cm³/mol. The number of carboxylic acid groups (broad SMARTS) is 1. The largest absolute Gasteiger partial charge is 0.497 e. The van der Waals surface area contributed by atoms with E-state index in [1.54, 1.807) is 19.2 Å². The molecule has 0 aliphatic carbocycles. The van der Waals surface area contributed by atoms with Crippen molar-refractivity contribution in [1.29, 1.82) is 0 Å². The number of methoxy groups -OCH3 is 1. The Labute approximate surface area is 159 Å². The molecule has 0 unspecified atom stereocenters. The zero-order valence-corrected chi connectivity index (χ0v) is 15.6. The third-order valence-corrected chi connectivity index (χ3v) is 4.76. The van der Waals surface area contributed by atoms with Crippen LogP contribution in [0.15, 0.2) is 48.5 Å². The van der Waals surface area contributed by atoms with Crippen molar-refractivity contribution in [3.8, 4) is 11.5 Å². The molecule has 1 aliphatic rings. The summed E-state index contributed by atoms with van der Waals surface area (Å²) in [7, 11) is 1.65. The molecule has 0 atom stereocenters. The lowest BCUT2D eigenvalue weighted by Gasteiger charge is -2.34. The van der Waals surface area contributed by atoms with E-state index in [1.807, 2.05) is 36.4 Å². The SMILES string of the molecule is COc1cccc(OCCN2CCN(Cc3cccc(C(=O)O)c3)CC2)c1. The maximum Gasteiger partial charge on any atom is 0.335 e. The summed E-state index contributed by atoms with van der Waals surface area (Å²) in [5.74, 6) is 0.747. The predicted octanol–water partition coefficient (Wildman–Crippen LogP) is 2.59. The number of piperazine rings is 1. The molecule has 2 aromatic carbocycles. The van der Waals surface area contributed by atoms with Crippen LogP contribution in [0.5, 0.6) is 11.5 Å². The lowest BCUT2D eigenvalue weighted by molar-refractivity contribution is 0.0696. The van der Waals surface area contributed by atoms with Crippen molar-refractivity contribution < 1.29 is 19.4 Å². The number of benzene rings is 2. The molecule has 3 rings (SSSR count). The molecule has 0 amide bonds. The quantitative estimate of drug-likeness (QED) is 0.771. The number of carbonyl (C=O) groups is 1. The van der Waals surface area contributed by atoms with Crippen LogP contribution in [0, 0.1) is 0 Å². The fourth-order valence-electron chi connectivity index (χ4n) is 3.22. The summed E-state index contributed by atoms with van der Waals surface area (Å²) >= 11 is 0. The number of aromatic carboxylic acids is 1. The van der Waals surface area contributed by atoms with Crippen molar-refractivity contribution in [3.05, 3.63) is 59.7 Å². The van der Waals surface area contributed by atoms with Gasteiger partial charge in [0.05, 0.1) is 12.7 Å². The Morgan fingerprint density at radius 3 is 2.44 bits per heavy atom. The molecule has 0 spiro atoms. The van der Waals surface area contributed by atoms with Gasteiger partial charge in [-0.3, -0.25) is 9.80 Å². The van der Waals surface area contributed by atoms with Gasteiger partial charge in [0, 0.05) is 45.3 Å². The molecule has 1 aliphatic heterocycles. The molecule has 0 radical (unpaired) electrons. The van der Waals surface area contributed by atoms with E-state index in [2.05, 4.69) is 9.80 Å². The van der Waals surface area contributed by atoms with Gasteiger partial charge in [-0.15, -0.1) is 0 Å². The Kier molecular flexibility index (Phi) is 6.68. The zero-order valence-electron chi connectivity index (χ0n) is 15.6. The topological polar surface area (TPSA) is 62.2 Å². The summed E-state index contributed by atoms with van der Waals surface area (Å²) in [6.07, 6.45) is 0. The van der Waals surface area contributed by atoms with E-state index >= 15 is 0 Å². The minimum absolute atomic E-state index is 0.348. The molecule has 1 fully saturated rings. The van der Waals surface area contributed by atoms with E-state index in [1.165, 1.54) is 0 Å². The number of nitrogens with zero attached hydrogens (tertiary/aromatic N) is 2. The van der Waals surface area contributed by atoms with Crippen LogP contribution in [0.4, 0.5) is 0 Å². The summed E-state index contributed by atoms with van der Waals surface area (Å²) in [5.41, 5.74) is 1.39. The molecule has 0 aromatic heterocycles. The van der Waals surface area contributed by atoms with Crippen LogP contribution in [0.25, 0.3) is 0 Å². The van der Waals surface area contributed by atoms with Crippen LogP contribution >= 0.6 is 0 Å². The highest BCUT2D eigenvalue weighted by Crippen LogP contribution is 2.18. The molecular formula is C21H26N2O4. The van der Waals surface area contributed by atoms with Crippen LogP contribution in [-0.2, 0) is 6.54 Å². The zero-order chi connectivity index (χ0) is 19.1. The summed E-state index contributed by atoms with van der Waals surface area (Å²) in [4.78, 5) is 15.8. The highest BCUT2D eigenvalue weighted by Gasteiger charge is 2.17. The van der Waals surface area contributed by atoms with Gasteiger partial charge in [-0.05, 0) is 29.8 Å². The molecule has 1 heterocycles. The summed E-state index contributed by atoms with van der Waals surface area (Å²) in [6, 6.07) is 14.8. The number of carboxylic acids is 1. The van der Waals surface area contributed by atoms with Gasteiger partial charge in [-0.25, -0.2) is 4.79 Å². The molecule has 1 saturated heterocycles. The van der Waals surface area contributed by atoms with E-state index in [4.69, 9.17) is 14.6 Å². The van der Waals surface area contributed by atoms with Crippen molar-refractivity contribution in [3.63, 3.8) is 0 Å². The molecule has 2 aromatic rings. The first-order chi connectivity index (χ1) is 13.1. The molecule has 6 heteroatoms. The second-order valence-corrected chi connectivity index (χ2v) is 6.65. The average molecular weight is 370 g/mol. The van der Waals surface area contributed by atoms with Gasteiger partial charge in [0.1, 0.15) is 18.1 Å². The molecule has 27 heavy (non-hydrogen) atoms. The van der Waals surface area contributed by atoms with E-state index < -0.39 is 5.97 Å². The average Bonchev–Trinajstić information content (AvgIpc) is 2.70. The van der Waals surface area contributed by atoms with Gasteiger partial charge in [0.15, 0.2) is 0 Å². The van der Waals surface area contributed by atoms with Crippen molar-refractivity contribution in [1.82, 2.24) is 9.80 Å². The van der Waals surface area contributed by atoms with Gasteiger partial charge in [0.2, 0.25) is 0 Å². The summed E-state index contributed by atoms with van der Waals surface area (Å²) in [5, 5.41) is 9.10. The van der Waals surface area contributed by atoms with Crippen molar-refractivity contribution in [2.75, 3.05) is 46.4 Å². The fraction of sp³-hybridized carbons (Fsp3) is 0.381. The van der Waals surface area contributed by atoms with Crippen molar-refractivity contribution >= 4 is 5.97 Å². The molecular weight excluding hydrogens is 344 g/mol. The molecule has 6 nitrogen and oxygen atoms in total. The number of hydrogen-bond donors (Lipinski definition) is 1. The first kappa shape index (κ1) is 19.2. The van der Waals surface area contributed by atoms with Gasteiger partial charge in [-0.1, -0.05) is 18.2 Å². The lowest BCUT2D eigenvalue weighted by Crippen LogP contribution is -2.47. The number of rotatable bonds is 8. The highest BCUT2D eigenvalue weighted by molar-refractivity contribution is 5.87. The van der Waals surface area contributed by atoms with Crippen LogP contribution in [0.3, 0.4) is 0 Å². The summed E-state index contributed by atoms with van der Waals surface area (Å²) in [6.45, 7) is 6.23. The Morgan fingerprint density at radius 1 is 1.00 bits per heavy atom. The highest BCUT2D eigenvalue weighted by atomic mass is 16.5.